The average molecular weight is 257 g/mol. The van der Waals surface area contributed by atoms with E-state index in [0.29, 0.717) is 11.6 Å². The maximum Gasteiger partial charge on any atom is 0.161 e. The van der Waals surface area contributed by atoms with Crippen LogP contribution >= 0.6 is 0 Å². The molecule has 0 aliphatic heterocycles. The minimum absolute atomic E-state index is 0.516. The molecule has 100 valence electrons. The Morgan fingerprint density at radius 2 is 2.00 bits per heavy atom. The van der Waals surface area contributed by atoms with Crippen LogP contribution < -0.4 is 10.5 Å². The lowest BCUT2D eigenvalue weighted by Gasteiger charge is -2.08. The largest absolute Gasteiger partial charge is 0.496 e. The first-order valence-electron chi connectivity index (χ1n) is 6.42. The monoisotopic (exact) mass is 257 g/mol. The highest BCUT2D eigenvalue weighted by Crippen LogP contribution is 2.24. The van der Waals surface area contributed by atoms with Gasteiger partial charge in [-0.05, 0) is 37.1 Å². The highest BCUT2D eigenvalue weighted by atomic mass is 16.5. The fourth-order valence-electron chi connectivity index (χ4n) is 2.05. The molecule has 2 rings (SSSR count). The molecule has 0 atom stereocenters. The molecule has 0 unspecified atom stereocenters. The number of benzene rings is 1. The second-order valence-electron chi connectivity index (χ2n) is 4.54. The van der Waals surface area contributed by atoms with Crippen molar-refractivity contribution in [1.82, 2.24) is 9.97 Å². The van der Waals surface area contributed by atoms with Gasteiger partial charge in [-0.25, -0.2) is 9.97 Å². The van der Waals surface area contributed by atoms with E-state index in [1.54, 1.807) is 7.11 Å². The van der Waals surface area contributed by atoms with Crippen LogP contribution in [-0.4, -0.2) is 17.1 Å². The summed E-state index contributed by atoms with van der Waals surface area (Å²) in [7, 11) is 1.67. The van der Waals surface area contributed by atoms with E-state index in [1.807, 2.05) is 31.2 Å². The minimum Gasteiger partial charge on any atom is -0.496 e. The van der Waals surface area contributed by atoms with Crippen LogP contribution in [0.1, 0.15) is 24.6 Å². The number of methoxy groups -OCH3 is 1. The van der Waals surface area contributed by atoms with Gasteiger partial charge in [0.1, 0.15) is 11.6 Å². The van der Waals surface area contributed by atoms with Gasteiger partial charge >= 0.3 is 0 Å². The number of nitrogens with two attached hydrogens (primary N) is 1. The lowest BCUT2D eigenvalue weighted by Crippen LogP contribution is -2.00. The molecule has 1 aromatic heterocycles. The van der Waals surface area contributed by atoms with Gasteiger partial charge in [0.25, 0.3) is 0 Å². The van der Waals surface area contributed by atoms with Crippen molar-refractivity contribution >= 4 is 5.82 Å². The Hall–Kier alpha value is -2.10. The Kier molecular flexibility index (Phi) is 4.00. The zero-order valence-electron chi connectivity index (χ0n) is 11.6. The van der Waals surface area contributed by atoms with Gasteiger partial charge in [-0.1, -0.05) is 13.3 Å². The van der Waals surface area contributed by atoms with Crippen molar-refractivity contribution < 1.29 is 4.74 Å². The quantitative estimate of drug-likeness (QED) is 0.914. The summed E-state index contributed by atoms with van der Waals surface area (Å²) in [6.07, 6.45) is 1.95. The molecule has 2 aromatic rings. The fourth-order valence-corrected chi connectivity index (χ4v) is 2.05. The van der Waals surface area contributed by atoms with E-state index in [1.165, 1.54) is 0 Å². The van der Waals surface area contributed by atoms with Crippen LogP contribution in [0.3, 0.4) is 0 Å². The Morgan fingerprint density at radius 3 is 2.63 bits per heavy atom. The first-order chi connectivity index (χ1) is 9.13. The third kappa shape index (κ3) is 3.02. The first-order valence-corrected chi connectivity index (χ1v) is 6.42. The van der Waals surface area contributed by atoms with Crippen LogP contribution in [0, 0.1) is 6.92 Å². The predicted molar refractivity (Wildman–Crippen MR) is 77.2 cm³/mol. The summed E-state index contributed by atoms with van der Waals surface area (Å²) in [5.74, 6) is 2.05. The molecule has 0 radical (unpaired) electrons. The van der Waals surface area contributed by atoms with Gasteiger partial charge < -0.3 is 10.5 Å². The van der Waals surface area contributed by atoms with E-state index in [9.17, 15) is 0 Å². The van der Waals surface area contributed by atoms with Crippen LogP contribution in [0.15, 0.2) is 24.3 Å². The summed E-state index contributed by atoms with van der Waals surface area (Å²) in [6.45, 7) is 4.12. The number of anilines is 1. The lowest BCUT2D eigenvalue weighted by atomic mass is 10.1. The van der Waals surface area contributed by atoms with Crippen molar-refractivity contribution in [3.05, 3.63) is 35.5 Å². The highest BCUT2D eigenvalue weighted by Gasteiger charge is 2.07. The number of aromatic nitrogens is 2. The van der Waals surface area contributed by atoms with Crippen molar-refractivity contribution in [2.45, 2.75) is 26.7 Å². The summed E-state index contributed by atoms with van der Waals surface area (Å²) < 4.78 is 5.26. The van der Waals surface area contributed by atoms with E-state index in [2.05, 4.69) is 16.9 Å². The van der Waals surface area contributed by atoms with Crippen LogP contribution in [-0.2, 0) is 6.42 Å². The zero-order valence-corrected chi connectivity index (χ0v) is 11.6. The third-order valence-electron chi connectivity index (χ3n) is 2.96. The van der Waals surface area contributed by atoms with E-state index >= 15 is 0 Å². The summed E-state index contributed by atoms with van der Waals surface area (Å²) in [4.78, 5) is 8.87. The van der Waals surface area contributed by atoms with Gasteiger partial charge in [-0.2, -0.15) is 0 Å². The smallest absolute Gasteiger partial charge is 0.161 e. The molecule has 19 heavy (non-hydrogen) atoms. The predicted octanol–water partition coefficient (Wildman–Crippen LogP) is 3.00. The second-order valence-corrected chi connectivity index (χ2v) is 4.54. The Balaban J connectivity index is 2.43. The maximum atomic E-state index is 5.85. The lowest BCUT2D eigenvalue weighted by molar-refractivity contribution is 0.412. The van der Waals surface area contributed by atoms with Gasteiger partial charge in [-0.15, -0.1) is 0 Å². The Morgan fingerprint density at radius 1 is 1.21 bits per heavy atom. The first kappa shape index (κ1) is 13.3. The summed E-state index contributed by atoms with van der Waals surface area (Å²) in [5, 5.41) is 0. The SMILES string of the molecule is CCCc1cc(N)nc(-c2ccc(OC)c(C)c2)n1. The number of ether oxygens (including phenoxy) is 1. The van der Waals surface area contributed by atoms with Crippen molar-refractivity contribution in [3.8, 4) is 17.1 Å². The van der Waals surface area contributed by atoms with E-state index in [0.717, 1.165) is 35.4 Å². The highest BCUT2D eigenvalue weighted by molar-refractivity contribution is 5.60. The minimum atomic E-state index is 0.516. The van der Waals surface area contributed by atoms with E-state index in [-0.39, 0.29) is 0 Å². The molecule has 4 heteroatoms. The molecule has 4 nitrogen and oxygen atoms in total. The second kappa shape index (κ2) is 5.69. The Labute approximate surface area is 113 Å². The maximum absolute atomic E-state index is 5.85. The third-order valence-corrected chi connectivity index (χ3v) is 2.96. The van der Waals surface area contributed by atoms with Gasteiger partial charge in [0.2, 0.25) is 0 Å². The van der Waals surface area contributed by atoms with Crippen molar-refractivity contribution in [2.75, 3.05) is 12.8 Å². The van der Waals surface area contributed by atoms with E-state index < -0.39 is 0 Å². The molecule has 1 aromatic carbocycles. The molecule has 0 aliphatic rings. The summed E-state index contributed by atoms with van der Waals surface area (Å²) >= 11 is 0. The summed E-state index contributed by atoms with van der Waals surface area (Å²) in [6, 6.07) is 7.74. The molecule has 0 bridgehead atoms. The molecule has 1 heterocycles. The van der Waals surface area contributed by atoms with Crippen molar-refractivity contribution in [3.63, 3.8) is 0 Å². The molecule has 0 fully saturated rings. The topological polar surface area (TPSA) is 61.0 Å². The van der Waals surface area contributed by atoms with Crippen molar-refractivity contribution in [1.29, 1.82) is 0 Å². The van der Waals surface area contributed by atoms with Gasteiger partial charge in [-0.3, -0.25) is 0 Å². The number of aryl methyl sites for hydroxylation is 2. The van der Waals surface area contributed by atoms with E-state index in [4.69, 9.17) is 10.5 Å². The zero-order chi connectivity index (χ0) is 13.8. The summed E-state index contributed by atoms with van der Waals surface area (Å²) in [5.41, 5.74) is 8.85. The number of hydrogen-bond donors (Lipinski definition) is 1. The van der Waals surface area contributed by atoms with Gasteiger partial charge in [0.15, 0.2) is 5.82 Å². The molecule has 0 aliphatic carbocycles. The molecule has 0 saturated heterocycles. The molecule has 2 N–H and O–H groups in total. The molecule has 0 amide bonds. The standard InChI is InChI=1S/C15H19N3O/c1-4-5-12-9-14(16)18-15(17-12)11-6-7-13(19-3)10(2)8-11/h6-9H,4-5H2,1-3H3,(H2,16,17,18). The van der Waals surface area contributed by atoms with Crippen molar-refractivity contribution in [2.24, 2.45) is 0 Å². The van der Waals surface area contributed by atoms with Crippen LogP contribution in [0.25, 0.3) is 11.4 Å². The number of nitrogen functional groups attached to an aromatic ring is 1. The fraction of sp³-hybridized carbons (Fsp3) is 0.333. The molecular weight excluding hydrogens is 238 g/mol. The van der Waals surface area contributed by atoms with Crippen LogP contribution in [0.5, 0.6) is 5.75 Å². The van der Waals surface area contributed by atoms with Crippen LogP contribution in [0.2, 0.25) is 0 Å². The van der Waals surface area contributed by atoms with Gasteiger partial charge in [0.05, 0.1) is 7.11 Å². The normalized spacial score (nSPS) is 10.5. The number of nitrogens with zero attached hydrogens (tertiary/aromatic N) is 2. The Bertz CT molecular complexity index is 582. The van der Waals surface area contributed by atoms with Gasteiger partial charge in [0, 0.05) is 17.3 Å². The molecular formula is C15H19N3O. The molecule has 0 saturated carbocycles. The molecule has 0 spiro atoms. The van der Waals surface area contributed by atoms with Crippen LogP contribution in [0.4, 0.5) is 5.82 Å². The number of rotatable bonds is 4. The average Bonchev–Trinajstić information content (AvgIpc) is 2.38. The number of hydrogen-bond acceptors (Lipinski definition) is 4.